The summed E-state index contributed by atoms with van der Waals surface area (Å²) in [6.45, 7) is 3.33. The monoisotopic (exact) mass is 303 g/mol. The minimum atomic E-state index is -2.91. The molecule has 1 fully saturated rings. The molecule has 20 heavy (non-hydrogen) atoms. The molecule has 0 bridgehead atoms. The van der Waals surface area contributed by atoms with Gasteiger partial charge in [-0.25, -0.2) is 8.42 Å². The van der Waals surface area contributed by atoms with E-state index in [0.29, 0.717) is 18.3 Å². The molecule has 1 heterocycles. The van der Waals surface area contributed by atoms with Crippen LogP contribution in [0.1, 0.15) is 58.3 Å². The summed E-state index contributed by atoms with van der Waals surface area (Å²) in [5.74, 6) is 0.679. The van der Waals surface area contributed by atoms with Gasteiger partial charge in [0.05, 0.1) is 17.5 Å². The average molecular weight is 303 g/mol. The van der Waals surface area contributed by atoms with Crippen molar-refractivity contribution in [3.63, 3.8) is 0 Å². The number of nitrogens with zero attached hydrogens (tertiary/aromatic N) is 1. The Bertz CT molecular complexity index is 393. The second-order valence-corrected chi connectivity index (χ2v) is 7.95. The summed E-state index contributed by atoms with van der Waals surface area (Å²) in [4.78, 5) is 4.15. The molecule has 0 aromatic rings. The molecule has 0 spiro atoms. The van der Waals surface area contributed by atoms with Crippen LogP contribution in [0.5, 0.6) is 0 Å². The molecule has 118 valence electrons. The van der Waals surface area contributed by atoms with Crippen molar-refractivity contribution in [2.75, 3.05) is 18.8 Å². The molecule has 0 amide bonds. The van der Waals surface area contributed by atoms with Gasteiger partial charge in [-0.1, -0.05) is 39.0 Å². The van der Waals surface area contributed by atoms with Crippen molar-refractivity contribution in [2.45, 2.75) is 63.5 Å². The van der Waals surface area contributed by atoms with Crippen molar-refractivity contribution in [2.24, 2.45) is 10.7 Å². The summed E-state index contributed by atoms with van der Waals surface area (Å²) >= 11 is 0. The molecule has 0 aliphatic carbocycles. The standard InChI is InChI=1S/C14H29N3O2S/c1-2-3-4-5-6-7-10-16-14(15)17-12-13-9-8-11-20(13,18)19/h13H,2-12H2,1H3,(H3,15,16,17). The number of nitrogens with one attached hydrogen (secondary N) is 1. The molecule has 0 aromatic heterocycles. The van der Waals surface area contributed by atoms with Crippen molar-refractivity contribution in [3.8, 4) is 0 Å². The van der Waals surface area contributed by atoms with E-state index in [1.165, 1.54) is 32.1 Å². The highest BCUT2D eigenvalue weighted by Crippen LogP contribution is 2.19. The summed E-state index contributed by atoms with van der Waals surface area (Å²) in [5, 5.41) is 2.74. The lowest BCUT2D eigenvalue weighted by molar-refractivity contribution is 0.589. The number of hydrogen-bond donors (Lipinski definition) is 2. The van der Waals surface area contributed by atoms with Gasteiger partial charge in [0.2, 0.25) is 0 Å². The van der Waals surface area contributed by atoms with E-state index >= 15 is 0 Å². The first-order chi connectivity index (χ1) is 9.56. The highest BCUT2D eigenvalue weighted by molar-refractivity contribution is 7.92. The third-order valence-electron chi connectivity index (χ3n) is 3.76. The molecule has 1 unspecified atom stereocenters. The van der Waals surface area contributed by atoms with Crippen molar-refractivity contribution >= 4 is 15.8 Å². The van der Waals surface area contributed by atoms with Crippen LogP contribution in [-0.2, 0) is 9.84 Å². The van der Waals surface area contributed by atoms with E-state index in [9.17, 15) is 8.42 Å². The van der Waals surface area contributed by atoms with Gasteiger partial charge in [-0.15, -0.1) is 0 Å². The largest absolute Gasteiger partial charge is 0.370 e. The van der Waals surface area contributed by atoms with Crippen LogP contribution >= 0.6 is 0 Å². The van der Waals surface area contributed by atoms with E-state index in [1.54, 1.807) is 0 Å². The minimum absolute atomic E-state index is 0.303. The summed E-state index contributed by atoms with van der Waals surface area (Å²) in [6, 6.07) is 0. The summed E-state index contributed by atoms with van der Waals surface area (Å²) in [5.41, 5.74) is 5.75. The van der Waals surface area contributed by atoms with Gasteiger partial charge in [-0.05, 0) is 19.3 Å². The van der Waals surface area contributed by atoms with Gasteiger partial charge in [-0.2, -0.15) is 0 Å². The smallest absolute Gasteiger partial charge is 0.188 e. The van der Waals surface area contributed by atoms with Crippen LogP contribution in [0.4, 0.5) is 0 Å². The quantitative estimate of drug-likeness (QED) is 0.386. The Morgan fingerprint density at radius 2 is 1.95 bits per heavy atom. The molecule has 1 atom stereocenters. The number of nitrogens with two attached hydrogens (primary N) is 1. The van der Waals surface area contributed by atoms with Crippen molar-refractivity contribution in [3.05, 3.63) is 0 Å². The Morgan fingerprint density at radius 3 is 2.60 bits per heavy atom. The molecule has 0 aromatic carbocycles. The van der Waals surface area contributed by atoms with Crippen molar-refractivity contribution < 1.29 is 8.42 Å². The van der Waals surface area contributed by atoms with Crippen LogP contribution in [0.2, 0.25) is 0 Å². The van der Waals surface area contributed by atoms with Crippen molar-refractivity contribution in [1.29, 1.82) is 0 Å². The molecule has 1 saturated heterocycles. The van der Waals surface area contributed by atoms with Gasteiger partial charge in [0, 0.05) is 6.54 Å². The summed E-state index contributed by atoms with van der Waals surface area (Å²) < 4.78 is 23.3. The Morgan fingerprint density at radius 1 is 1.25 bits per heavy atom. The highest BCUT2D eigenvalue weighted by atomic mass is 32.2. The maximum atomic E-state index is 11.6. The van der Waals surface area contributed by atoms with Gasteiger partial charge in [0.1, 0.15) is 0 Å². The number of guanidine groups is 1. The molecule has 5 nitrogen and oxygen atoms in total. The fourth-order valence-electron chi connectivity index (χ4n) is 2.44. The second-order valence-electron chi connectivity index (χ2n) is 5.55. The van der Waals surface area contributed by atoms with Gasteiger partial charge >= 0.3 is 0 Å². The third kappa shape index (κ3) is 6.59. The van der Waals surface area contributed by atoms with E-state index in [4.69, 9.17) is 5.73 Å². The van der Waals surface area contributed by atoms with Gasteiger partial charge < -0.3 is 11.1 Å². The fourth-order valence-corrected chi connectivity index (χ4v) is 4.17. The lowest BCUT2D eigenvalue weighted by Gasteiger charge is -2.08. The normalized spacial score (nSPS) is 22.1. The topological polar surface area (TPSA) is 84.5 Å². The van der Waals surface area contributed by atoms with Gasteiger partial charge in [0.15, 0.2) is 15.8 Å². The molecule has 0 radical (unpaired) electrons. The molecular formula is C14H29N3O2S. The van der Waals surface area contributed by atoms with Crippen LogP contribution in [-0.4, -0.2) is 38.5 Å². The Labute approximate surface area is 123 Å². The first-order valence-electron chi connectivity index (χ1n) is 7.81. The van der Waals surface area contributed by atoms with E-state index < -0.39 is 9.84 Å². The first-order valence-corrected chi connectivity index (χ1v) is 9.53. The molecule has 3 N–H and O–H groups in total. The predicted octanol–water partition coefficient (Wildman–Crippen LogP) is 1.83. The first kappa shape index (κ1) is 17.3. The summed E-state index contributed by atoms with van der Waals surface area (Å²) in [7, 11) is -2.91. The third-order valence-corrected chi connectivity index (χ3v) is 6.02. The predicted molar refractivity (Wildman–Crippen MR) is 84.7 cm³/mol. The van der Waals surface area contributed by atoms with Crippen LogP contribution < -0.4 is 11.1 Å². The lowest BCUT2D eigenvalue weighted by Crippen LogP contribution is -2.33. The maximum absolute atomic E-state index is 11.6. The molecule has 1 aliphatic heterocycles. The minimum Gasteiger partial charge on any atom is -0.370 e. The molecule has 0 saturated carbocycles. The number of rotatable bonds is 9. The fraction of sp³-hybridized carbons (Fsp3) is 0.929. The van der Waals surface area contributed by atoms with E-state index in [2.05, 4.69) is 17.2 Å². The number of hydrogen-bond acceptors (Lipinski definition) is 3. The summed E-state index contributed by atoms with van der Waals surface area (Å²) in [6.07, 6.45) is 8.92. The van der Waals surface area contributed by atoms with E-state index in [1.807, 2.05) is 0 Å². The van der Waals surface area contributed by atoms with Crippen LogP contribution in [0.15, 0.2) is 4.99 Å². The van der Waals surface area contributed by atoms with Gasteiger partial charge in [-0.3, -0.25) is 4.99 Å². The molecule has 6 heteroatoms. The zero-order valence-corrected chi connectivity index (χ0v) is 13.4. The number of unbranched alkanes of at least 4 members (excludes halogenated alkanes) is 5. The second kappa shape index (κ2) is 9.21. The van der Waals surface area contributed by atoms with Crippen LogP contribution in [0.3, 0.4) is 0 Å². The Kier molecular flexibility index (Phi) is 7.95. The number of aliphatic imine (C=N–C) groups is 1. The lowest BCUT2D eigenvalue weighted by atomic mass is 10.1. The zero-order valence-electron chi connectivity index (χ0n) is 12.6. The highest BCUT2D eigenvalue weighted by Gasteiger charge is 2.30. The van der Waals surface area contributed by atoms with Crippen LogP contribution in [0.25, 0.3) is 0 Å². The SMILES string of the molecule is CCCCCCCCNC(N)=NCC1CCCS1(=O)=O. The molecule has 1 rings (SSSR count). The molecule has 1 aliphatic rings. The Balaban J connectivity index is 2.10. The molecular weight excluding hydrogens is 274 g/mol. The average Bonchev–Trinajstić information content (AvgIpc) is 2.74. The van der Waals surface area contributed by atoms with Crippen LogP contribution in [0, 0.1) is 0 Å². The maximum Gasteiger partial charge on any atom is 0.188 e. The van der Waals surface area contributed by atoms with Gasteiger partial charge in [0.25, 0.3) is 0 Å². The Hall–Kier alpha value is -0.780. The zero-order chi connectivity index (χ0) is 14.8. The van der Waals surface area contributed by atoms with Crippen molar-refractivity contribution in [1.82, 2.24) is 5.32 Å². The van der Waals surface area contributed by atoms with E-state index in [0.717, 1.165) is 25.8 Å². The number of sulfone groups is 1. The van der Waals surface area contributed by atoms with E-state index in [-0.39, 0.29) is 5.25 Å².